The average Bonchev–Trinajstić information content (AvgIpc) is 2.22. The molecule has 15 heavy (non-hydrogen) atoms. The largest absolute Gasteiger partial charge is 0.396 e. The molecular formula is C12H25NO2. The van der Waals surface area contributed by atoms with Crippen LogP contribution >= 0.6 is 0 Å². The minimum Gasteiger partial charge on any atom is -0.396 e. The molecule has 0 saturated heterocycles. The first kappa shape index (κ1) is 12.9. The van der Waals surface area contributed by atoms with Gasteiger partial charge in [0.25, 0.3) is 0 Å². The van der Waals surface area contributed by atoms with E-state index in [1.807, 2.05) is 0 Å². The Hall–Kier alpha value is -0.120. The monoisotopic (exact) mass is 215 g/mol. The van der Waals surface area contributed by atoms with E-state index < -0.39 is 0 Å². The molecule has 0 aliphatic heterocycles. The molecule has 1 saturated carbocycles. The Kier molecular flexibility index (Phi) is 5.03. The fraction of sp³-hybridized carbons (Fsp3) is 1.00. The number of nitrogens with one attached hydrogen (secondary N) is 1. The lowest BCUT2D eigenvalue weighted by Crippen LogP contribution is -2.42. The first-order valence-corrected chi connectivity index (χ1v) is 6.15. The van der Waals surface area contributed by atoms with Crippen LogP contribution in [0.15, 0.2) is 0 Å². The van der Waals surface area contributed by atoms with E-state index in [9.17, 15) is 5.11 Å². The molecule has 0 unspecified atom stereocenters. The van der Waals surface area contributed by atoms with Crippen LogP contribution < -0.4 is 5.32 Å². The van der Waals surface area contributed by atoms with Crippen molar-refractivity contribution in [3.8, 4) is 0 Å². The van der Waals surface area contributed by atoms with Gasteiger partial charge in [0.1, 0.15) is 0 Å². The Bertz CT molecular complexity index is 166. The van der Waals surface area contributed by atoms with Gasteiger partial charge in [-0.1, -0.05) is 13.8 Å². The molecule has 3 heteroatoms. The Morgan fingerprint density at radius 3 is 2.27 bits per heavy atom. The standard InChI is InChI=1S/C12H25NO2/c1-3-12(4-2,9-14)8-13-7-10-5-11(15)6-10/h10-11,13-15H,3-9H2,1-2H3. The summed E-state index contributed by atoms with van der Waals surface area (Å²) in [5.74, 6) is 0.644. The van der Waals surface area contributed by atoms with Crippen molar-refractivity contribution >= 4 is 0 Å². The molecule has 0 bridgehead atoms. The lowest BCUT2D eigenvalue weighted by atomic mass is 9.81. The molecule has 0 radical (unpaired) electrons. The van der Waals surface area contributed by atoms with E-state index in [0.29, 0.717) is 5.92 Å². The van der Waals surface area contributed by atoms with Crippen LogP contribution in [0.3, 0.4) is 0 Å². The van der Waals surface area contributed by atoms with E-state index in [1.165, 1.54) is 0 Å². The molecule has 1 fully saturated rings. The fourth-order valence-corrected chi connectivity index (χ4v) is 2.19. The fourth-order valence-electron chi connectivity index (χ4n) is 2.19. The Labute approximate surface area is 92.9 Å². The van der Waals surface area contributed by atoms with Gasteiger partial charge in [-0.2, -0.15) is 0 Å². The highest BCUT2D eigenvalue weighted by atomic mass is 16.3. The van der Waals surface area contributed by atoms with Gasteiger partial charge in [-0.15, -0.1) is 0 Å². The summed E-state index contributed by atoms with van der Waals surface area (Å²) in [6, 6.07) is 0. The highest BCUT2D eigenvalue weighted by Crippen LogP contribution is 2.28. The molecule has 3 N–H and O–H groups in total. The Balaban J connectivity index is 2.16. The first-order chi connectivity index (χ1) is 7.15. The maximum Gasteiger partial charge on any atom is 0.0546 e. The summed E-state index contributed by atoms with van der Waals surface area (Å²) in [7, 11) is 0. The van der Waals surface area contributed by atoms with E-state index in [0.717, 1.165) is 38.8 Å². The number of rotatable bonds is 7. The molecule has 0 spiro atoms. The van der Waals surface area contributed by atoms with Crippen LogP contribution in [0.1, 0.15) is 39.5 Å². The summed E-state index contributed by atoms with van der Waals surface area (Å²) in [5.41, 5.74) is 0.0579. The molecule has 3 nitrogen and oxygen atoms in total. The van der Waals surface area contributed by atoms with Gasteiger partial charge in [-0.25, -0.2) is 0 Å². The summed E-state index contributed by atoms with van der Waals surface area (Å²) < 4.78 is 0. The van der Waals surface area contributed by atoms with E-state index in [1.54, 1.807) is 0 Å². The molecule has 0 atom stereocenters. The van der Waals surface area contributed by atoms with Crippen molar-refractivity contribution in [3.05, 3.63) is 0 Å². The third kappa shape index (κ3) is 3.44. The summed E-state index contributed by atoms with van der Waals surface area (Å²) in [6.07, 6.45) is 3.85. The quantitative estimate of drug-likeness (QED) is 0.597. The van der Waals surface area contributed by atoms with Crippen LogP contribution in [-0.4, -0.2) is 36.0 Å². The van der Waals surface area contributed by atoms with Gasteiger partial charge < -0.3 is 15.5 Å². The van der Waals surface area contributed by atoms with E-state index in [2.05, 4.69) is 19.2 Å². The van der Waals surface area contributed by atoms with Crippen LogP contribution in [0.5, 0.6) is 0 Å². The smallest absolute Gasteiger partial charge is 0.0546 e. The predicted molar refractivity (Wildman–Crippen MR) is 61.7 cm³/mol. The van der Waals surface area contributed by atoms with Gasteiger partial charge in [0.05, 0.1) is 6.10 Å². The molecule has 1 aliphatic rings. The minimum absolute atomic E-state index is 0.0579. The summed E-state index contributed by atoms with van der Waals surface area (Å²) >= 11 is 0. The van der Waals surface area contributed by atoms with Crippen LogP contribution in [0.2, 0.25) is 0 Å². The molecule has 0 amide bonds. The van der Waals surface area contributed by atoms with Crippen molar-refractivity contribution in [2.24, 2.45) is 11.3 Å². The molecular weight excluding hydrogens is 190 g/mol. The van der Waals surface area contributed by atoms with Crippen molar-refractivity contribution in [3.63, 3.8) is 0 Å². The van der Waals surface area contributed by atoms with Gasteiger partial charge in [0.15, 0.2) is 0 Å². The van der Waals surface area contributed by atoms with Crippen molar-refractivity contribution < 1.29 is 10.2 Å². The van der Waals surface area contributed by atoms with Crippen molar-refractivity contribution in [1.82, 2.24) is 5.32 Å². The first-order valence-electron chi connectivity index (χ1n) is 6.15. The molecule has 1 rings (SSSR count). The number of aliphatic hydroxyl groups is 2. The number of hydrogen-bond acceptors (Lipinski definition) is 3. The van der Waals surface area contributed by atoms with Gasteiger partial charge in [0.2, 0.25) is 0 Å². The zero-order valence-corrected chi connectivity index (χ0v) is 10.00. The molecule has 90 valence electrons. The Morgan fingerprint density at radius 1 is 1.27 bits per heavy atom. The summed E-state index contributed by atoms with van der Waals surface area (Å²) in [4.78, 5) is 0. The van der Waals surface area contributed by atoms with Crippen LogP contribution in [0.25, 0.3) is 0 Å². The van der Waals surface area contributed by atoms with E-state index in [4.69, 9.17) is 5.11 Å². The summed E-state index contributed by atoms with van der Waals surface area (Å²) in [5, 5.41) is 22.0. The minimum atomic E-state index is -0.0586. The normalized spacial score (nSPS) is 26.4. The van der Waals surface area contributed by atoms with Crippen molar-refractivity contribution in [2.75, 3.05) is 19.7 Å². The number of hydrogen-bond donors (Lipinski definition) is 3. The van der Waals surface area contributed by atoms with Gasteiger partial charge in [0, 0.05) is 18.6 Å². The molecule has 0 aromatic carbocycles. The molecule has 1 aliphatic carbocycles. The van der Waals surface area contributed by atoms with Crippen LogP contribution in [0.4, 0.5) is 0 Å². The van der Waals surface area contributed by atoms with Gasteiger partial charge in [-0.05, 0) is 38.1 Å². The topological polar surface area (TPSA) is 52.5 Å². The average molecular weight is 215 g/mol. The highest BCUT2D eigenvalue weighted by molar-refractivity contribution is 4.83. The third-order valence-corrected chi connectivity index (χ3v) is 3.98. The lowest BCUT2D eigenvalue weighted by Gasteiger charge is -2.34. The second kappa shape index (κ2) is 5.83. The SMILES string of the molecule is CCC(CC)(CO)CNCC1CC(O)C1. The second-order valence-electron chi connectivity index (χ2n) is 4.99. The van der Waals surface area contributed by atoms with Crippen LogP contribution in [-0.2, 0) is 0 Å². The van der Waals surface area contributed by atoms with Gasteiger partial charge >= 0.3 is 0 Å². The van der Waals surface area contributed by atoms with Gasteiger partial charge in [-0.3, -0.25) is 0 Å². The second-order valence-corrected chi connectivity index (χ2v) is 4.99. The highest BCUT2D eigenvalue weighted by Gasteiger charge is 2.29. The third-order valence-electron chi connectivity index (χ3n) is 3.98. The lowest BCUT2D eigenvalue weighted by molar-refractivity contribution is 0.0394. The van der Waals surface area contributed by atoms with E-state index in [-0.39, 0.29) is 18.1 Å². The van der Waals surface area contributed by atoms with E-state index >= 15 is 0 Å². The zero-order chi connectivity index (χ0) is 11.3. The van der Waals surface area contributed by atoms with Crippen molar-refractivity contribution in [2.45, 2.75) is 45.6 Å². The molecule has 0 aromatic rings. The van der Waals surface area contributed by atoms with Crippen LogP contribution in [0, 0.1) is 11.3 Å². The maximum atomic E-state index is 9.38. The van der Waals surface area contributed by atoms with Crippen molar-refractivity contribution in [1.29, 1.82) is 0 Å². The summed E-state index contributed by atoms with van der Waals surface area (Å²) in [6.45, 7) is 6.41. The number of aliphatic hydroxyl groups excluding tert-OH is 2. The predicted octanol–water partition coefficient (Wildman–Crippen LogP) is 1.15. The molecule has 0 aromatic heterocycles. The zero-order valence-electron chi connectivity index (χ0n) is 10.00. The Morgan fingerprint density at radius 2 is 1.87 bits per heavy atom. The molecule has 0 heterocycles. The maximum absolute atomic E-state index is 9.38.